The van der Waals surface area contributed by atoms with E-state index in [1.54, 1.807) is 36.4 Å². The van der Waals surface area contributed by atoms with Crippen LogP contribution in [0.2, 0.25) is 0 Å². The number of carbonyl (C=O) groups is 2. The highest BCUT2D eigenvalue weighted by Gasteiger charge is 2.67. The second kappa shape index (κ2) is 7.58. The molecule has 34 heavy (non-hydrogen) atoms. The van der Waals surface area contributed by atoms with Crippen LogP contribution in [0.1, 0.15) is 10.4 Å². The van der Waals surface area contributed by atoms with Crippen molar-refractivity contribution in [3.05, 3.63) is 72.6 Å². The molecule has 2 N–H and O–H groups in total. The van der Waals surface area contributed by atoms with E-state index in [1.165, 1.54) is 31.5 Å². The number of ether oxygens (including phenoxy) is 1. The number of hydrogen-bond acceptors (Lipinski definition) is 5. The van der Waals surface area contributed by atoms with Crippen molar-refractivity contribution in [3.63, 3.8) is 0 Å². The van der Waals surface area contributed by atoms with Crippen molar-refractivity contribution in [1.29, 1.82) is 0 Å². The maximum atomic E-state index is 14.6. The second-order valence-corrected chi connectivity index (χ2v) is 7.53. The number of pyridine rings is 1. The molecule has 1 aliphatic heterocycles. The van der Waals surface area contributed by atoms with Gasteiger partial charge >= 0.3 is 6.18 Å². The first-order valence-electron chi connectivity index (χ1n) is 10.0. The average molecular weight is 467 g/mol. The van der Waals surface area contributed by atoms with Gasteiger partial charge in [0.25, 0.3) is 17.5 Å². The number of alkyl halides is 3. The van der Waals surface area contributed by atoms with Crippen molar-refractivity contribution >= 4 is 28.8 Å². The highest BCUT2D eigenvalue weighted by Crippen LogP contribution is 2.45. The summed E-state index contributed by atoms with van der Waals surface area (Å²) in [6.45, 7) is 0. The van der Waals surface area contributed by atoms with Gasteiger partial charge in [-0.3, -0.25) is 24.5 Å². The molecule has 0 saturated carbocycles. The fourth-order valence-corrected chi connectivity index (χ4v) is 3.99. The lowest BCUT2D eigenvalue weighted by Gasteiger charge is -2.32. The van der Waals surface area contributed by atoms with Crippen LogP contribution < -0.4 is 15.4 Å². The Balaban J connectivity index is 1.69. The van der Waals surface area contributed by atoms with Gasteiger partial charge < -0.3 is 10.1 Å². The number of carbonyl (C=O) groups excluding carboxylic acids is 2. The largest absolute Gasteiger partial charge is 0.497 e. The Kier molecular flexibility index (Phi) is 4.78. The van der Waals surface area contributed by atoms with E-state index in [0.29, 0.717) is 21.4 Å². The maximum Gasteiger partial charge on any atom is 0.440 e. The molecule has 1 atom stereocenters. The molecule has 0 fully saturated rings. The van der Waals surface area contributed by atoms with Crippen molar-refractivity contribution in [1.82, 2.24) is 19.9 Å². The summed E-state index contributed by atoms with van der Waals surface area (Å²) in [5, 5.41) is 4.08. The van der Waals surface area contributed by atoms with Crippen molar-refractivity contribution in [2.45, 2.75) is 11.8 Å². The SMILES string of the molecule is COc1ccc(-c2cccc3c2nc2n3C(NC(=O)c3cccnc3)(C(F)(F)F)C(=O)N2)cc1. The van der Waals surface area contributed by atoms with Crippen molar-refractivity contribution in [2.75, 3.05) is 12.4 Å². The van der Waals surface area contributed by atoms with E-state index < -0.39 is 23.7 Å². The Morgan fingerprint density at radius 1 is 1.12 bits per heavy atom. The van der Waals surface area contributed by atoms with E-state index in [0.717, 1.165) is 6.20 Å². The zero-order valence-corrected chi connectivity index (χ0v) is 17.6. The molecule has 172 valence electrons. The van der Waals surface area contributed by atoms with Gasteiger partial charge in [0.05, 0.1) is 23.7 Å². The third-order valence-corrected chi connectivity index (χ3v) is 5.60. The summed E-state index contributed by atoms with van der Waals surface area (Å²) in [6, 6.07) is 14.3. The first-order valence-corrected chi connectivity index (χ1v) is 10.0. The van der Waals surface area contributed by atoms with Crippen LogP contribution in [0.15, 0.2) is 67.0 Å². The molecule has 1 unspecified atom stereocenters. The predicted molar refractivity (Wildman–Crippen MR) is 116 cm³/mol. The number of anilines is 1. The molecule has 2 amide bonds. The highest BCUT2D eigenvalue weighted by molar-refractivity contribution is 6.08. The smallest absolute Gasteiger partial charge is 0.440 e. The molecule has 0 radical (unpaired) electrons. The van der Waals surface area contributed by atoms with Gasteiger partial charge in [-0.25, -0.2) is 4.98 Å². The van der Waals surface area contributed by atoms with Gasteiger partial charge in [-0.05, 0) is 35.9 Å². The molecule has 4 aromatic rings. The lowest BCUT2D eigenvalue weighted by Crippen LogP contribution is -2.63. The highest BCUT2D eigenvalue weighted by atomic mass is 19.4. The minimum Gasteiger partial charge on any atom is -0.497 e. The number of nitrogens with one attached hydrogen (secondary N) is 2. The molecule has 2 aromatic heterocycles. The van der Waals surface area contributed by atoms with Gasteiger partial charge in [-0.1, -0.05) is 24.3 Å². The molecule has 0 saturated heterocycles. The van der Waals surface area contributed by atoms with Crippen molar-refractivity contribution < 1.29 is 27.5 Å². The predicted octanol–water partition coefficient (Wildman–Crippen LogP) is 3.70. The summed E-state index contributed by atoms with van der Waals surface area (Å²) in [7, 11) is 1.52. The number of fused-ring (bicyclic) bond motifs is 3. The normalized spacial score (nSPS) is 17.4. The third kappa shape index (κ3) is 3.08. The van der Waals surface area contributed by atoms with E-state index in [2.05, 4.69) is 15.3 Å². The van der Waals surface area contributed by atoms with Crippen LogP contribution >= 0.6 is 0 Å². The quantitative estimate of drug-likeness (QED) is 0.477. The van der Waals surface area contributed by atoms with Crippen molar-refractivity contribution in [2.24, 2.45) is 0 Å². The molecule has 0 aliphatic carbocycles. The van der Waals surface area contributed by atoms with Gasteiger partial charge in [0.15, 0.2) is 0 Å². The van der Waals surface area contributed by atoms with Crippen LogP contribution in [0.4, 0.5) is 19.1 Å². The fraction of sp³-hybridized carbons (Fsp3) is 0.130. The lowest BCUT2D eigenvalue weighted by atomic mass is 10.0. The van der Waals surface area contributed by atoms with Crippen LogP contribution in [0.3, 0.4) is 0 Å². The summed E-state index contributed by atoms with van der Waals surface area (Å²) in [4.78, 5) is 33.5. The number of benzene rings is 2. The molecule has 8 nitrogen and oxygen atoms in total. The first-order chi connectivity index (χ1) is 16.3. The second-order valence-electron chi connectivity index (χ2n) is 7.53. The van der Waals surface area contributed by atoms with E-state index >= 15 is 0 Å². The standard InChI is InChI=1S/C23H16F3N5O3/c1-34-15-9-7-13(8-10-15)16-5-2-6-17-18(16)28-21-29-20(33)22(31(17)21,23(24,25)26)30-19(32)14-4-3-11-27-12-14/h2-12H,1H3,(H,30,32)(H,28,29,33). The number of methoxy groups -OCH3 is 1. The Labute approximate surface area is 190 Å². The zero-order chi connectivity index (χ0) is 24.1. The van der Waals surface area contributed by atoms with E-state index in [1.807, 2.05) is 5.32 Å². The Hall–Kier alpha value is -4.41. The Morgan fingerprint density at radius 3 is 2.53 bits per heavy atom. The minimum absolute atomic E-state index is 0.0190. The molecule has 0 bridgehead atoms. The topological polar surface area (TPSA) is 98.1 Å². The zero-order valence-electron chi connectivity index (χ0n) is 17.6. The van der Waals surface area contributed by atoms with Crippen LogP contribution in [-0.2, 0) is 10.5 Å². The fourth-order valence-electron chi connectivity index (χ4n) is 3.99. The monoisotopic (exact) mass is 467 g/mol. The lowest BCUT2D eigenvalue weighted by molar-refractivity contribution is -0.213. The van der Waals surface area contributed by atoms with E-state index in [9.17, 15) is 22.8 Å². The average Bonchev–Trinajstić information content (AvgIpc) is 3.33. The summed E-state index contributed by atoms with van der Waals surface area (Å²) >= 11 is 0. The number of rotatable bonds is 4. The molecule has 11 heteroatoms. The summed E-state index contributed by atoms with van der Waals surface area (Å²) in [5.41, 5.74) is -2.05. The third-order valence-electron chi connectivity index (χ3n) is 5.60. The van der Waals surface area contributed by atoms with Gasteiger partial charge in [-0.2, -0.15) is 13.2 Å². The Morgan fingerprint density at radius 2 is 1.88 bits per heavy atom. The van der Waals surface area contributed by atoms with Crippen LogP contribution in [-0.4, -0.2) is 39.6 Å². The van der Waals surface area contributed by atoms with Gasteiger partial charge in [-0.15, -0.1) is 0 Å². The van der Waals surface area contributed by atoms with Gasteiger partial charge in [0.2, 0.25) is 5.95 Å². The Bertz CT molecular complexity index is 1420. The van der Waals surface area contributed by atoms with Crippen LogP contribution in [0, 0.1) is 0 Å². The molecule has 0 spiro atoms. The first kappa shape index (κ1) is 21.4. The van der Waals surface area contributed by atoms with E-state index in [4.69, 9.17) is 4.74 Å². The van der Waals surface area contributed by atoms with Crippen LogP contribution in [0.5, 0.6) is 5.75 Å². The summed E-state index contributed by atoms with van der Waals surface area (Å²) < 4.78 is 49.6. The molecule has 1 aliphatic rings. The number of nitrogens with zero attached hydrogens (tertiary/aromatic N) is 3. The number of imidazole rings is 1. The minimum atomic E-state index is -5.19. The summed E-state index contributed by atoms with van der Waals surface area (Å²) in [6.07, 6.45) is -2.70. The number of amides is 2. The van der Waals surface area contributed by atoms with Crippen molar-refractivity contribution in [3.8, 4) is 16.9 Å². The number of halogens is 3. The number of aromatic nitrogens is 3. The number of hydrogen-bond donors (Lipinski definition) is 2. The molecule has 5 rings (SSSR count). The van der Waals surface area contributed by atoms with Gasteiger partial charge in [0, 0.05) is 18.0 Å². The molecule has 3 heterocycles. The van der Waals surface area contributed by atoms with Gasteiger partial charge in [0.1, 0.15) is 5.75 Å². The molecular formula is C23H16F3N5O3. The number of para-hydroxylation sites is 1. The molecular weight excluding hydrogens is 451 g/mol. The molecule has 2 aromatic carbocycles. The summed E-state index contributed by atoms with van der Waals surface area (Å²) in [5.74, 6) is -2.28. The maximum absolute atomic E-state index is 14.6. The van der Waals surface area contributed by atoms with Crippen LogP contribution in [0.25, 0.3) is 22.2 Å². The van der Waals surface area contributed by atoms with E-state index in [-0.39, 0.29) is 22.5 Å².